The number of benzene rings is 1. The zero-order chi connectivity index (χ0) is 20.0. The maximum atomic E-state index is 2.65. The summed E-state index contributed by atoms with van der Waals surface area (Å²) < 4.78 is 1.69. The van der Waals surface area contributed by atoms with Crippen LogP contribution in [0.1, 0.15) is 79.0 Å². The minimum atomic E-state index is -1.79. The summed E-state index contributed by atoms with van der Waals surface area (Å²) in [6.45, 7) is 21.2. The Labute approximate surface area is 175 Å². The van der Waals surface area contributed by atoms with Gasteiger partial charge in [-0.3, -0.25) is 0 Å². The third-order valence-electron chi connectivity index (χ3n) is 4.42. The van der Waals surface area contributed by atoms with E-state index in [1.807, 2.05) is 0 Å². The number of hydrogen-bond donors (Lipinski definition) is 0. The molecule has 0 N–H and O–H groups in total. The molecule has 0 fully saturated rings. The standard InChI is InChI=1S/C22H38GeIP/c1-20(2,3)15-13-16(21(4,5)6)18(17(14-15)22(7,8)9)25-19(24)23(10,11)12/h13-14H,1-12H3. The van der Waals surface area contributed by atoms with E-state index < -0.39 is 13.3 Å². The van der Waals surface area contributed by atoms with E-state index in [0.29, 0.717) is 0 Å². The van der Waals surface area contributed by atoms with Crippen LogP contribution in [0.2, 0.25) is 17.3 Å². The molecule has 0 bridgehead atoms. The van der Waals surface area contributed by atoms with Crippen molar-refractivity contribution in [3.63, 3.8) is 0 Å². The molecule has 0 aliphatic heterocycles. The van der Waals surface area contributed by atoms with E-state index in [-0.39, 0.29) is 16.2 Å². The molecule has 0 radical (unpaired) electrons. The summed E-state index contributed by atoms with van der Waals surface area (Å²) in [5, 5.41) is 1.57. The molecule has 0 aliphatic rings. The molecule has 1 aromatic rings. The van der Waals surface area contributed by atoms with E-state index in [1.54, 1.807) is 7.44 Å². The summed E-state index contributed by atoms with van der Waals surface area (Å²) in [4.78, 5) is 0. The summed E-state index contributed by atoms with van der Waals surface area (Å²) in [5.41, 5.74) is 5.03. The van der Waals surface area contributed by atoms with Gasteiger partial charge in [0.25, 0.3) is 0 Å². The first-order valence-corrected chi connectivity index (χ1v) is 18.6. The van der Waals surface area contributed by atoms with Gasteiger partial charge in [-0.25, -0.2) is 0 Å². The van der Waals surface area contributed by atoms with Crippen molar-refractivity contribution in [2.75, 3.05) is 0 Å². The molecule has 0 heterocycles. The van der Waals surface area contributed by atoms with Crippen LogP contribution in [-0.2, 0) is 16.2 Å². The van der Waals surface area contributed by atoms with E-state index in [1.165, 1.54) is 24.9 Å². The van der Waals surface area contributed by atoms with Crippen LogP contribution in [0.25, 0.3) is 0 Å². The van der Waals surface area contributed by atoms with Gasteiger partial charge >= 0.3 is 176 Å². The number of rotatable bonds is 2. The number of halogens is 1. The Hall–Kier alpha value is 0.663. The van der Waals surface area contributed by atoms with Gasteiger partial charge in [-0.1, -0.05) is 0 Å². The summed E-state index contributed by atoms with van der Waals surface area (Å²) in [7, 11) is 1.45. The van der Waals surface area contributed by atoms with E-state index in [0.717, 1.165) is 0 Å². The van der Waals surface area contributed by atoms with Crippen molar-refractivity contribution in [2.24, 2.45) is 0 Å². The third kappa shape index (κ3) is 6.35. The van der Waals surface area contributed by atoms with Gasteiger partial charge in [0.05, 0.1) is 0 Å². The van der Waals surface area contributed by atoms with Crippen LogP contribution in [0.4, 0.5) is 0 Å². The molecule has 0 saturated carbocycles. The molecular weight excluding hydrogens is 495 g/mol. The Bertz CT molecular complexity index is 624. The van der Waals surface area contributed by atoms with E-state index >= 15 is 0 Å². The van der Waals surface area contributed by atoms with Crippen LogP contribution < -0.4 is 5.30 Å². The predicted octanol–water partition coefficient (Wildman–Crippen LogP) is 7.59. The molecule has 142 valence electrons. The van der Waals surface area contributed by atoms with E-state index in [2.05, 4.69) is 114 Å². The molecule has 0 unspecified atom stereocenters. The zero-order valence-corrected chi connectivity index (χ0v) is 23.6. The van der Waals surface area contributed by atoms with Gasteiger partial charge in [0, 0.05) is 0 Å². The first-order valence-electron chi connectivity index (χ1n) is 9.29. The SMILES string of the molecule is CC(C)(C)c1cc(C(C)(C)C)c(P=[C](I)[Ge]([CH3])([CH3])[CH3])c(C(C)(C)C)c1. The van der Waals surface area contributed by atoms with Crippen molar-refractivity contribution in [3.8, 4) is 0 Å². The fourth-order valence-electron chi connectivity index (χ4n) is 2.60. The van der Waals surface area contributed by atoms with Gasteiger partial charge in [-0.15, -0.1) is 0 Å². The monoisotopic (exact) mass is 534 g/mol. The van der Waals surface area contributed by atoms with Crippen molar-refractivity contribution < 1.29 is 0 Å². The average molecular weight is 533 g/mol. The normalized spacial score (nSPS) is 14.8. The summed E-state index contributed by atoms with van der Waals surface area (Å²) >= 11 is 0.868. The van der Waals surface area contributed by atoms with Gasteiger partial charge in [-0.2, -0.15) is 0 Å². The predicted molar refractivity (Wildman–Crippen MR) is 131 cm³/mol. The second kappa shape index (κ2) is 7.59. The van der Waals surface area contributed by atoms with Crippen molar-refractivity contribution in [2.45, 2.75) is 95.8 Å². The third-order valence-corrected chi connectivity index (χ3v) is 21.2. The Morgan fingerprint density at radius 2 is 1.12 bits per heavy atom. The van der Waals surface area contributed by atoms with Crippen LogP contribution in [-0.4, -0.2) is 15.4 Å². The van der Waals surface area contributed by atoms with Gasteiger partial charge < -0.3 is 0 Å². The Morgan fingerprint density at radius 1 is 0.760 bits per heavy atom. The molecule has 0 aromatic heterocycles. The first-order chi connectivity index (χ1) is 10.8. The van der Waals surface area contributed by atoms with Gasteiger partial charge in [-0.05, 0) is 0 Å². The van der Waals surface area contributed by atoms with Gasteiger partial charge in [0.1, 0.15) is 0 Å². The second-order valence-electron chi connectivity index (χ2n) is 11.3. The Balaban J connectivity index is 3.96. The van der Waals surface area contributed by atoms with Crippen molar-refractivity contribution in [1.82, 2.24) is 0 Å². The van der Waals surface area contributed by atoms with E-state index in [9.17, 15) is 0 Å². The van der Waals surface area contributed by atoms with Crippen LogP contribution in [0, 0.1) is 0 Å². The molecular formula is C22H38GeIP. The molecule has 1 aromatic carbocycles. The van der Waals surface area contributed by atoms with Crippen LogP contribution in [0.3, 0.4) is 0 Å². The summed E-state index contributed by atoms with van der Waals surface area (Å²) in [6, 6.07) is 4.99. The average Bonchev–Trinajstić information content (AvgIpc) is 2.33. The molecule has 0 atom stereocenters. The van der Waals surface area contributed by atoms with Crippen molar-refractivity contribution >= 4 is 51.5 Å². The molecule has 0 amide bonds. The maximum absolute atomic E-state index is 2.65. The van der Waals surface area contributed by atoms with Crippen molar-refractivity contribution in [3.05, 3.63) is 28.8 Å². The van der Waals surface area contributed by atoms with Crippen LogP contribution >= 0.6 is 30.8 Å². The number of hydrogen-bond acceptors (Lipinski definition) is 0. The molecule has 0 nitrogen and oxygen atoms in total. The molecule has 0 aliphatic carbocycles. The quantitative estimate of drug-likeness (QED) is 0.209. The molecule has 1 rings (SSSR count). The Morgan fingerprint density at radius 3 is 1.36 bits per heavy atom. The first kappa shape index (κ1) is 23.7. The fraction of sp³-hybridized carbons (Fsp3) is 0.682. The molecule has 0 saturated heterocycles. The van der Waals surface area contributed by atoms with Crippen molar-refractivity contribution in [1.29, 1.82) is 0 Å². The van der Waals surface area contributed by atoms with Crippen LogP contribution in [0.5, 0.6) is 0 Å². The summed E-state index contributed by atoms with van der Waals surface area (Å²) in [5.74, 6) is 7.52. The fourth-order valence-corrected chi connectivity index (χ4v) is 7.71. The van der Waals surface area contributed by atoms with Gasteiger partial charge in [0.15, 0.2) is 0 Å². The second-order valence-corrected chi connectivity index (χ2v) is 27.9. The minimum absolute atomic E-state index is 0.158. The Kier molecular flexibility index (Phi) is 7.19. The van der Waals surface area contributed by atoms with Crippen LogP contribution in [0.15, 0.2) is 12.1 Å². The van der Waals surface area contributed by atoms with Gasteiger partial charge in [0.2, 0.25) is 0 Å². The van der Waals surface area contributed by atoms with E-state index in [4.69, 9.17) is 0 Å². The molecule has 25 heavy (non-hydrogen) atoms. The topological polar surface area (TPSA) is 0 Å². The molecule has 0 spiro atoms. The summed E-state index contributed by atoms with van der Waals surface area (Å²) in [6.07, 6.45) is 0. The zero-order valence-electron chi connectivity index (χ0n) is 18.5. The molecule has 3 heteroatoms.